The van der Waals surface area contributed by atoms with Crippen LogP contribution in [0.25, 0.3) is 0 Å². The molecule has 0 aliphatic carbocycles. The van der Waals surface area contributed by atoms with Crippen molar-refractivity contribution >= 4 is 23.7 Å². The van der Waals surface area contributed by atoms with Crippen molar-refractivity contribution in [2.24, 2.45) is 0 Å². The number of anilines is 1. The number of aryl methyl sites for hydroxylation is 1. The molecule has 142 valence electrons. The summed E-state index contributed by atoms with van der Waals surface area (Å²) in [5.74, 6) is -1.20. The van der Waals surface area contributed by atoms with Crippen LogP contribution < -0.4 is 10.6 Å². The molecule has 0 saturated carbocycles. The van der Waals surface area contributed by atoms with Crippen molar-refractivity contribution in [1.82, 2.24) is 5.32 Å². The second-order valence-corrected chi connectivity index (χ2v) is 5.86. The molecule has 2 N–H and O–H groups in total. The minimum absolute atomic E-state index is 0.138. The van der Waals surface area contributed by atoms with Crippen LogP contribution in [0.1, 0.15) is 31.8 Å². The first-order chi connectivity index (χ1) is 12.9. The Labute approximate surface area is 157 Å². The summed E-state index contributed by atoms with van der Waals surface area (Å²) in [5.41, 5.74) is 2.78. The number of urea groups is 1. The molecule has 27 heavy (non-hydrogen) atoms. The van der Waals surface area contributed by atoms with Crippen LogP contribution in [0.3, 0.4) is 0 Å². The van der Waals surface area contributed by atoms with Crippen molar-refractivity contribution in [1.29, 1.82) is 0 Å². The predicted molar refractivity (Wildman–Crippen MR) is 101 cm³/mol. The Balaban J connectivity index is 2.04. The summed E-state index contributed by atoms with van der Waals surface area (Å²) in [6.07, 6.45) is 0.666. The fourth-order valence-corrected chi connectivity index (χ4v) is 2.42. The van der Waals surface area contributed by atoms with Crippen molar-refractivity contribution in [3.63, 3.8) is 0 Å². The van der Waals surface area contributed by atoms with Gasteiger partial charge in [-0.25, -0.2) is 14.4 Å². The zero-order chi connectivity index (χ0) is 19.8. The minimum atomic E-state index is -0.624. The van der Waals surface area contributed by atoms with Crippen LogP contribution in [0.15, 0.2) is 42.5 Å². The van der Waals surface area contributed by atoms with E-state index in [0.29, 0.717) is 13.0 Å². The van der Waals surface area contributed by atoms with E-state index in [0.717, 1.165) is 5.56 Å². The SMILES string of the molecule is COC(=O)c1ccc(C(=O)OC)c(NC(=O)NCCc2ccc(C)cc2)c1. The highest BCUT2D eigenvalue weighted by atomic mass is 16.5. The first-order valence-corrected chi connectivity index (χ1v) is 8.35. The number of esters is 2. The maximum absolute atomic E-state index is 12.2. The van der Waals surface area contributed by atoms with Crippen LogP contribution in [-0.4, -0.2) is 38.7 Å². The van der Waals surface area contributed by atoms with E-state index in [2.05, 4.69) is 15.4 Å². The van der Waals surface area contributed by atoms with Crippen LogP contribution in [0.2, 0.25) is 0 Å². The van der Waals surface area contributed by atoms with Crippen LogP contribution in [-0.2, 0) is 15.9 Å². The molecule has 2 amide bonds. The molecule has 7 heteroatoms. The summed E-state index contributed by atoms with van der Waals surface area (Å²) in [6, 6.07) is 11.7. The summed E-state index contributed by atoms with van der Waals surface area (Å²) in [6.45, 7) is 2.43. The summed E-state index contributed by atoms with van der Waals surface area (Å²) in [5, 5.41) is 5.30. The molecule has 0 saturated heterocycles. The number of nitrogens with one attached hydrogen (secondary N) is 2. The predicted octanol–water partition coefficient (Wildman–Crippen LogP) is 2.93. The minimum Gasteiger partial charge on any atom is -0.465 e. The Bertz CT molecular complexity index is 831. The van der Waals surface area contributed by atoms with E-state index in [1.807, 2.05) is 31.2 Å². The summed E-state index contributed by atoms with van der Waals surface area (Å²) in [7, 11) is 2.49. The molecule has 0 spiro atoms. The number of amides is 2. The number of hydrogen-bond donors (Lipinski definition) is 2. The Hall–Kier alpha value is -3.35. The van der Waals surface area contributed by atoms with Crippen LogP contribution >= 0.6 is 0 Å². The van der Waals surface area contributed by atoms with Crippen LogP contribution in [0.5, 0.6) is 0 Å². The van der Waals surface area contributed by atoms with E-state index in [4.69, 9.17) is 4.74 Å². The highest BCUT2D eigenvalue weighted by molar-refractivity contribution is 6.03. The molecule has 7 nitrogen and oxygen atoms in total. The van der Waals surface area contributed by atoms with Crippen molar-refractivity contribution in [2.75, 3.05) is 26.1 Å². The lowest BCUT2D eigenvalue weighted by molar-refractivity contribution is 0.0587. The molecule has 0 aliphatic rings. The normalized spacial score (nSPS) is 10.0. The van der Waals surface area contributed by atoms with Crippen molar-refractivity contribution in [3.05, 3.63) is 64.7 Å². The lowest BCUT2D eigenvalue weighted by Gasteiger charge is -2.12. The molecule has 0 heterocycles. The summed E-state index contributed by atoms with van der Waals surface area (Å²) < 4.78 is 9.37. The molecule has 0 fully saturated rings. The standard InChI is InChI=1S/C20H22N2O5/c1-13-4-6-14(7-5-13)10-11-21-20(25)22-17-12-15(18(23)26-2)8-9-16(17)19(24)27-3/h4-9,12H,10-11H2,1-3H3,(H2,21,22,25). The van der Waals surface area contributed by atoms with Gasteiger partial charge in [-0.1, -0.05) is 29.8 Å². The summed E-state index contributed by atoms with van der Waals surface area (Å²) in [4.78, 5) is 35.8. The van der Waals surface area contributed by atoms with Crippen LogP contribution in [0, 0.1) is 6.92 Å². The van der Waals surface area contributed by atoms with Gasteiger partial charge < -0.3 is 20.1 Å². The van der Waals surface area contributed by atoms with Gasteiger partial charge in [-0.2, -0.15) is 0 Å². The Morgan fingerprint density at radius 2 is 1.59 bits per heavy atom. The van der Waals surface area contributed by atoms with Gasteiger partial charge in [-0.15, -0.1) is 0 Å². The van der Waals surface area contributed by atoms with Gasteiger partial charge in [-0.05, 0) is 37.1 Å². The second kappa shape index (κ2) is 9.38. The Morgan fingerprint density at radius 3 is 2.22 bits per heavy atom. The molecular weight excluding hydrogens is 348 g/mol. The van der Waals surface area contributed by atoms with Crippen LogP contribution in [0.4, 0.5) is 10.5 Å². The number of benzene rings is 2. The van der Waals surface area contributed by atoms with E-state index in [1.54, 1.807) is 0 Å². The fourth-order valence-electron chi connectivity index (χ4n) is 2.42. The third-order valence-electron chi connectivity index (χ3n) is 3.91. The van der Waals surface area contributed by atoms with Gasteiger partial charge in [0.05, 0.1) is 31.0 Å². The second-order valence-electron chi connectivity index (χ2n) is 5.86. The molecular formula is C20H22N2O5. The van der Waals surface area contributed by atoms with Crippen molar-refractivity contribution in [2.45, 2.75) is 13.3 Å². The number of carbonyl (C=O) groups is 3. The average molecular weight is 370 g/mol. The van der Waals surface area contributed by atoms with Gasteiger partial charge in [0, 0.05) is 6.54 Å². The van der Waals surface area contributed by atoms with Gasteiger partial charge in [0.1, 0.15) is 0 Å². The zero-order valence-corrected chi connectivity index (χ0v) is 15.5. The monoisotopic (exact) mass is 370 g/mol. The van der Waals surface area contributed by atoms with Gasteiger partial charge in [0.15, 0.2) is 0 Å². The van der Waals surface area contributed by atoms with Gasteiger partial charge >= 0.3 is 18.0 Å². The summed E-state index contributed by atoms with van der Waals surface area (Å²) >= 11 is 0. The van der Waals surface area contributed by atoms with Crippen molar-refractivity contribution < 1.29 is 23.9 Å². The molecule has 2 aromatic rings. The number of hydrogen-bond acceptors (Lipinski definition) is 5. The highest BCUT2D eigenvalue weighted by Crippen LogP contribution is 2.19. The lowest BCUT2D eigenvalue weighted by Crippen LogP contribution is -2.31. The maximum atomic E-state index is 12.2. The number of methoxy groups -OCH3 is 2. The van der Waals surface area contributed by atoms with E-state index < -0.39 is 18.0 Å². The van der Waals surface area contributed by atoms with Gasteiger partial charge in [0.2, 0.25) is 0 Å². The molecule has 0 unspecified atom stereocenters. The number of ether oxygens (including phenoxy) is 2. The first kappa shape index (κ1) is 20.0. The molecule has 0 radical (unpaired) electrons. The van der Waals surface area contributed by atoms with Gasteiger partial charge in [0.25, 0.3) is 0 Å². The Kier molecular flexibility index (Phi) is 6.93. The molecule has 2 rings (SSSR count). The molecule has 0 aliphatic heterocycles. The molecule has 0 bridgehead atoms. The quantitative estimate of drug-likeness (QED) is 0.763. The highest BCUT2D eigenvalue weighted by Gasteiger charge is 2.17. The van der Waals surface area contributed by atoms with E-state index >= 15 is 0 Å². The third-order valence-corrected chi connectivity index (χ3v) is 3.91. The number of rotatable bonds is 6. The molecule has 2 aromatic carbocycles. The van der Waals surface area contributed by atoms with E-state index in [1.165, 1.54) is 38.0 Å². The lowest BCUT2D eigenvalue weighted by atomic mass is 10.1. The van der Waals surface area contributed by atoms with Gasteiger partial charge in [-0.3, -0.25) is 0 Å². The Morgan fingerprint density at radius 1 is 0.926 bits per heavy atom. The molecule has 0 aromatic heterocycles. The molecule has 0 atom stereocenters. The first-order valence-electron chi connectivity index (χ1n) is 8.35. The number of carbonyl (C=O) groups excluding carboxylic acids is 3. The topological polar surface area (TPSA) is 93.7 Å². The maximum Gasteiger partial charge on any atom is 0.339 e. The van der Waals surface area contributed by atoms with E-state index in [9.17, 15) is 14.4 Å². The largest absolute Gasteiger partial charge is 0.465 e. The van der Waals surface area contributed by atoms with E-state index in [-0.39, 0.29) is 16.8 Å². The smallest absolute Gasteiger partial charge is 0.339 e. The fraction of sp³-hybridized carbons (Fsp3) is 0.250. The third kappa shape index (κ3) is 5.57. The average Bonchev–Trinajstić information content (AvgIpc) is 2.68. The van der Waals surface area contributed by atoms with Crippen molar-refractivity contribution in [3.8, 4) is 0 Å². The zero-order valence-electron chi connectivity index (χ0n) is 15.5.